The second-order valence-corrected chi connectivity index (χ2v) is 10.9. The van der Waals surface area contributed by atoms with Crippen LogP contribution in [0.3, 0.4) is 0 Å². The number of ether oxygens (including phenoxy) is 1. The van der Waals surface area contributed by atoms with E-state index in [1.165, 1.54) is 24.1 Å². The molecular formula is C24H30FN6O6P. The Labute approximate surface area is 218 Å². The van der Waals surface area contributed by atoms with Gasteiger partial charge in [-0.3, -0.25) is 9.32 Å². The van der Waals surface area contributed by atoms with Crippen molar-refractivity contribution >= 4 is 30.7 Å². The topological polar surface area (TPSA) is 164 Å². The van der Waals surface area contributed by atoms with Gasteiger partial charge in [0, 0.05) is 5.92 Å². The molecule has 0 spiro atoms. The van der Waals surface area contributed by atoms with Crippen molar-refractivity contribution in [1.82, 2.24) is 24.6 Å². The first kappa shape index (κ1) is 27.6. The molecule has 6 atom stereocenters. The van der Waals surface area contributed by atoms with E-state index < -0.39 is 56.7 Å². The third-order valence-corrected chi connectivity index (χ3v) is 7.68. The summed E-state index contributed by atoms with van der Waals surface area (Å²) in [5.74, 6) is -1.30. The summed E-state index contributed by atoms with van der Waals surface area (Å²) in [6, 6.07) is 6.10. The summed E-state index contributed by atoms with van der Waals surface area (Å²) in [5.41, 5.74) is 6.67. The number of fused-ring (bicyclic) bond motifs is 1. The summed E-state index contributed by atoms with van der Waals surface area (Å²) in [7, 11) is -4.23. The van der Waals surface area contributed by atoms with E-state index in [2.05, 4.69) is 26.6 Å². The molecule has 0 saturated heterocycles. The van der Waals surface area contributed by atoms with E-state index in [-0.39, 0.29) is 28.3 Å². The number of aromatic nitrogens is 4. The summed E-state index contributed by atoms with van der Waals surface area (Å²) in [4.78, 5) is 24.5. The fourth-order valence-corrected chi connectivity index (χ4v) is 5.69. The lowest BCUT2D eigenvalue weighted by atomic mass is 10.0. The lowest BCUT2D eigenvalue weighted by molar-refractivity contribution is -0.149. The number of anilines is 1. The minimum atomic E-state index is -4.23. The molecule has 4 rings (SSSR count). The molecule has 0 amide bonds. The van der Waals surface area contributed by atoms with Gasteiger partial charge in [-0.25, -0.2) is 23.9 Å². The Hall–Kier alpha value is -3.38. The van der Waals surface area contributed by atoms with Crippen LogP contribution in [-0.4, -0.2) is 61.6 Å². The largest absolute Gasteiger partial charge is 0.462 e. The average Bonchev–Trinajstić information content (AvgIpc) is 3.37. The Balaban J connectivity index is 1.55. The molecule has 0 radical (unpaired) electrons. The molecule has 38 heavy (non-hydrogen) atoms. The van der Waals surface area contributed by atoms with Crippen LogP contribution in [-0.2, 0) is 18.6 Å². The molecule has 1 aliphatic rings. The van der Waals surface area contributed by atoms with E-state index in [1.807, 2.05) is 0 Å². The molecule has 0 bridgehead atoms. The van der Waals surface area contributed by atoms with Gasteiger partial charge in [0.15, 0.2) is 17.6 Å². The van der Waals surface area contributed by atoms with Crippen LogP contribution in [0.2, 0.25) is 0 Å². The summed E-state index contributed by atoms with van der Waals surface area (Å²) in [5, 5.41) is 13.3. The number of nitrogens with two attached hydrogens (primary N) is 1. The van der Waals surface area contributed by atoms with Crippen molar-refractivity contribution in [3.8, 4) is 5.75 Å². The van der Waals surface area contributed by atoms with Crippen LogP contribution in [0.5, 0.6) is 5.75 Å². The number of halogens is 1. The molecule has 1 fully saturated rings. The van der Waals surface area contributed by atoms with Crippen molar-refractivity contribution in [3.63, 3.8) is 0 Å². The quantitative estimate of drug-likeness (QED) is 0.194. The zero-order chi connectivity index (χ0) is 27.6. The highest BCUT2D eigenvalue weighted by Gasteiger charge is 2.48. The Morgan fingerprint density at radius 3 is 2.66 bits per heavy atom. The summed E-state index contributed by atoms with van der Waals surface area (Å²) < 4.78 is 47.0. The predicted octanol–water partition coefficient (Wildman–Crippen LogP) is 2.97. The Morgan fingerprint density at radius 2 is 1.97 bits per heavy atom. The monoisotopic (exact) mass is 548 g/mol. The van der Waals surface area contributed by atoms with Crippen LogP contribution in [0, 0.1) is 5.92 Å². The number of aliphatic hydroxyl groups excluding tert-OH is 1. The number of para-hydroxylation sites is 1. The lowest BCUT2D eigenvalue weighted by Gasteiger charge is -2.25. The molecule has 3 aromatic rings. The minimum Gasteiger partial charge on any atom is -0.462 e. The van der Waals surface area contributed by atoms with Crippen molar-refractivity contribution in [2.75, 3.05) is 12.3 Å². The Kier molecular flexibility index (Phi) is 8.12. The minimum absolute atomic E-state index is 0.128. The summed E-state index contributed by atoms with van der Waals surface area (Å²) in [6.45, 7) is 8.37. The lowest BCUT2D eigenvalue weighted by Crippen LogP contribution is -2.37. The van der Waals surface area contributed by atoms with Gasteiger partial charge in [-0.05, 0) is 38.5 Å². The maximum Gasteiger partial charge on any atom is 0.459 e. The van der Waals surface area contributed by atoms with Crippen molar-refractivity contribution in [2.45, 2.75) is 51.2 Å². The number of aliphatic hydroxyl groups is 1. The van der Waals surface area contributed by atoms with Gasteiger partial charge >= 0.3 is 13.7 Å². The van der Waals surface area contributed by atoms with Gasteiger partial charge in [-0.15, -0.1) is 0 Å². The number of nitrogen functional groups attached to an aromatic ring is 1. The fraction of sp³-hybridized carbons (Fsp3) is 0.417. The highest BCUT2D eigenvalue weighted by atomic mass is 31.2. The smallest absolute Gasteiger partial charge is 0.459 e. The maximum atomic E-state index is 15.4. The summed E-state index contributed by atoms with van der Waals surface area (Å²) >= 11 is 0. The van der Waals surface area contributed by atoms with E-state index in [9.17, 15) is 14.5 Å². The Bertz CT molecular complexity index is 1350. The van der Waals surface area contributed by atoms with Crippen LogP contribution in [0.15, 0.2) is 55.1 Å². The molecule has 14 heteroatoms. The first-order chi connectivity index (χ1) is 18.0. The molecule has 0 unspecified atom stereocenters. The molecule has 4 N–H and O–H groups in total. The average molecular weight is 549 g/mol. The molecule has 1 aromatic carbocycles. The second kappa shape index (κ2) is 11.2. The van der Waals surface area contributed by atoms with Gasteiger partial charge in [-0.2, -0.15) is 5.09 Å². The highest BCUT2D eigenvalue weighted by molar-refractivity contribution is 7.52. The van der Waals surface area contributed by atoms with Gasteiger partial charge in [0.25, 0.3) is 0 Å². The van der Waals surface area contributed by atoms with E-state index in [0.717, 1.165) is 0 Å². The molecule has 2 heterocycles. The van der Waals surface area contributed by atoms with Crippen molar-refractivity contribution in [1.29, 1.82) is 0 Å². The van der Waals surface area contributed by atoms with E-state index in [1.54, 1.807) is 44.2 Å². The van der Waals surface area contributed by atoms with Crippen molar-refractivity contribution in [2.24, 2.45) is 5.92 Å². The van der Waals surface area contributed by atoms with Gasteiger partial charge in [-0.1, -0.05) is 24.8 Å². The number of imidazole rings is 1. The zero-order valence-electron chi connectivity index (χ0n) is 21.1. The SMILES string of the molecule is C=C1[C@@H](n2cnc3c(N)ncnc32)[C@@H](F)[C@H](O)[C@H]1CO[P@@](=O)(N[C@H](C)C(=O)OC(C)C)Oc1ccccc1. The third-order valence-electron chi connectivity index (χ3n) is 6.03. The number of hydrogen-bond acceptors (Lipinski definition) is 10. The predicted molar refractivity (Wildman–Crippen MR) is 137 cm³/mol. The second-order valence-electron chi connectivity index (χ2n) is 9.18. The number of nitrogens with zero attached hydrogens (tertiary/aromatic N) is 4. The van der Waals surface area contributed by atoms with Crippen LogP contribution < -0.4 is 15.3 Å². The molecule has 1 saturated carbocycles. The van der Waals surface area contributed by atoms with Crippen molar-refractivity contribution < 1.29 is 32.6 Å². The number of nitrogens with one attached hydrogen (secondary N) is 1. The number of rotatable bonds is 10. The standard InChI is InChI=1S/C24H30FN6O6P/c1-13(2)36-24(33)15(4)30-38(34,37-16-8-6-5-7-9-16)35-10-17-14(3)20(18(25)21(17)32)31-12-29-19-22(26)27-11-28-23(19)31/h5-9,11-13,15,17-18,20-21,32H,3,10H2,1-2,4H3,(H,30,34)(H2,26,27,28)/t15-,17+,18-,20-,21-,38+/m1/s1. The normalized spacial score (nSPS) is 23.9. The number of carbonyl (C=O) groups is 1. The van der Waals surface area contributed by atoms with E-state index >= 15 is 4.39 Å². The number of hydrogen-bond donors (Lipinski definition) is 3. The fourth-order valence-electron chi connectivity index (χ4n) is 4.18. The summed E-state index contributed by atoms with van der Waals surface area (Å²) in [6.07, 6.45) is -1.16. The molecule has 204 valence electrons. The van der Waals surface area contributed by atoms with Crippen molar-refractivity contribution in [3.05, 3.63) is 55.1 Å². The molecule has 1 aliphatic carbocycles. The number of benzene rings is 1. The number of carbonyl (C=O) groups excluding carboxylic acids is 1. The molecule has 12 nitrogen and oxygen atoms in total. The first-order valence-electron chi connectivity index (χ1n) is 11.9. The van der Waals surface area contributed by atoms with Gasteiger partial charge in [0.1, 0.15) is 23.6 Å². The molecule has 0 aliphatic heterocycles. The van der Waals surface area contributed by atoms with E-state index in [0.29, 0.717) is 0 Å². The van der Waals surface area contributed by atoms with E-state index in [4.69, 9.17) is 19.5 Å². The number of alkyl halides is 1. The van der Waals surface area contributed by atoms with Crippen LogP contribution in [0.1, 0.15) is 26.8 Å². The number of esters is 1. The Morgan fingerprint density at radius 1 is 1.26 bits per heavy atom. The van der Waals surface area contributed by atoms with Crippen LogP contribution >= 0.6 is 7.75 Å². The molecule has 2 aromatic heterocycles. The van der Waals surface area contributed by atoms with Gasteiger partial charge in [0.05, 0.1) is 31.2 Å². The highest BCUT2D eigenvalue weighted by Crippen LogP contribution is 2.49. The van der Waals surface area contributed by atoms with Gasteiger partial charge in [0.2, 0.25) is 0 Å². The zero-order valence-corrected chi connectivity index (χ0v) is 22.0. The molecular weight excluding hydrogens is 518 g/mol. The maximum absolute atomic E-state index is 15.4. The van der Waals surface area contributed by atoms with Crippen LogP contribution in [0.25, 0.3) is 11.2 Å². The first-order valence-corrected chi connectivity index (χ1v) is 13.5. The van der Waals surface area contributed by atoms with Gasteiger partial charge < -0.3 is 24.7 Å². The third kappa shape index (κ3) is 5.70. The van der Waals surface area contributed by atoms with Crippen LogP contribution in [0.4, 0.5) is 10.2 Å².